The zero-order valence-corrected chi connectivity index (χ0v) is 15.1. The maximum absolute atomic E-state index is 12.5. The Morgan fingerprint density at radius 2 is 2.00 bits per heavy atom. The molecule has 1 aliphatic heterocycles. The fraction of sp³-hybridized carbons (Fsp3) is 0.300. The Morgan fingerprint density at radius 1 is 1.27 bits per heavy atom. The molecule has 3 rings (SSSR count). The van der Waals surface area contributed by atoms with Crippen molar-refractivity contribution in [3.05, 3.63) is 54.1 Å². The maximum Gasteiger partial charge on any atom is 0.349 e. The summed E-state index contributed by atoms with van der Waals surface area (Å²) in [7, 11) is 0. The number of anilines is 1. The van der Waals surface area contributed by atoms with Crippen LogP contribution < -0.4 is 5.32 Å². The molecule has 0 bridgehead atoms. The molecule has 2 aliphatic rings. The minimum Gasteiger partial charge on any atom is -0.306 e. The standard InChI is InChI=1S/C20H22N4O2/c1-13(2)12-24-18(16-6-4-5-7-17(16)22-20(24)26)23-19(25)21-15-10-8-14(3)9-11-15/h4-11,13,16H,12H2,1-3H3,(H,21,25)/b23-18-. The van der Waals surface area contributed by atoms with Crippen molar-refractivity contribution < 1.29 is 9.59 Å². The lowest BCUT2D eigenvalue weighted by Gasteiger charge is -2.32. The highest BCUT2D eigenvalue weighted by molar-refractivity contribution is 6.24. The topological polar surface area (TPSA) is 74.1 Å². The summed E-state index contributed by atoms with van der Waals surface area (Å²) >= 11 is 0. The highest BCUT2D eigenvalue weighted by Crippen LogP contribution is 2.22. The van der Waals surface area contributed by atoms with E-state index in [1.807, 2.05) is 63.3 Å². The largest absolute Gasteiger partial charge is 0.349 e. The average molecular weight is 350 g/mol. The molecule has 0 radical (unpaired) electrons. The molecule has 6 nitrogen and oxygen atoms in total. The number of aliphatic imine (C=N–C) groups is 2. The first-order chi connectivity index (χ1) is 12.4. The molecule has 6 heteroatoms. The zero-order chi connectivity index (χ0) is 18.7. The first-order valence-corrected chi connectivity index (χ1v) is 8.65. The van der Waals surface area contributed by atoms with Gasteiger partial charge >= 0.3 is 12.1 Å². The quantitative estimate of drug-likeness (QED) is 0.887. The SMILES string of the molecule is Cc1ccc(NC(=O)/N=C2/C3C=CC=CC3=NC(=O)N2CC(C)C)cc1. The van der Waals surface area contributed by atoms with Crippen molar-refractivity contribution in [2.75, 3.05) is 11.9 Å². The third-order valence-electron chi connectivity index (χ3n) is 4.08. The maximum atomic E-state index is 12.5. The first kappa shape index (κ1) is 17.8. The predicted octanol–water partition coefficient (Wildman–Crippen LogP) is 4.20. The number of fused-ring (bicyclic) bond motifs is 1. The van der Waals surface area contributed by atoms with Gasteiger partial charge in [0.2, 0.25) is 0 Å². The molecular weight excluding hydrogens is 328 g/mol. The molecule has 26 heavy (non-hydrogen) atoms. The number of hydrogen-bond acceptors (Lipinski definition) is 2. The second-order valence-electron chi connectivity index (χ2n) is 6.81. The predicted molar refractivity (Wildman–Crippen MR) is 104 cm³/mol. The highest BCUT2D eigenvalue weighted by Gasteiger charge is 2.34. The number of nitrogens with zero attached hydrogens (tertiary/aromatic N) is 3. The number of carbonyl (C=O) groups is 2. The molecule has 1 unspecified atom stereocenters. The Hall–Kier alpha value is -3.02. The number of amides is 4. The molecule has 1 aliphatic carbocycles. The third-order valence-corrected chi connectivity index (χ3v) is 4.08. The first-order valence-electron chi connectivity index (χ1n) is 8.65. The van der Waals surface area contributed by atoms with E-state index >= 15 is 0 Å². The number of benzene rings is 1. The lowest BCUT2D eigenvalue weighted by molar-refractivity contribution is 0.224. The minimum absolute atomic E-state index is 0.226. The Kier molecular flexibility index (Phi) is 5.11. The molecule has 1 heterocycles. The normalized spacial score (nSPS) is 20.4. The summed E-state index contributed by atoms with van der Waals surface area (Å²) in [6.45, 7) is 6.45. The number of hydrogen-bond donors (Lipinski definition) is 1. The van der Waals surface area contributed by atoms with E-state index in [9.17, 15) is 9.59 Å². The van der Waals surface area contributed by atoms with Crippen molar-refractivity contribution in [3.8, 4) is 0 Å². The molecule has 134 valence electrons. The van der Waals surface area contributed by atoms with Gasteiger partial charge in [0.15, 0.2) is 0 Å². The Balaban J connectivity index is 1.90. The lowest BCUT2D eigenvalue weighted by atomic mass is 9.94. The summed E-state index contributed by atoms with van der Waals surface area (Å²) in [5.74, 6) is 0.350. The van der Waals surface area contributed by atoms with Crippen LogP contribution in [0.15, 0.2) is 58.6 Å². The van der Waals surface area contributed by atoms with Gasteiger partial charge in [0.05, 0.1) is 11.6 Å². The van der Waals surface area contributed by atoms with Crippen molar-refractivity contribution in [3.63, 3.8) is 0 Å². The van der Waals surface area contributed by atoms with Gasteiger partial charge in [-0.1, -0.05) is 49.8 Å². The van der Waals surface area contributed by atoms with E-state index in [4.69, 9.17) is 0 Å². The van der Waals surface area contributed by atoms with Gasteiger partial charge in [0.1, 0.15) is 5.84 Å². The number of urea groups is 2. The summed E-state index contributed by atoms with van der Waals surface area (Å²) < 4.78 is 0. The van der Waals surface area contributed by atoms with Gasteiger partial charge in [-0.15, -0.1) is 0 Å². The molecule has 1 aromatic rings. The van der Waals surface area contributed by atoms with E-state index in [0.29, 0.717) is 23.8 Å². The summed E-state index contributed by atoms with van der Waals surface area (Å²) in [6, 6.07) is 6.58. The van der Waals surface area contributed by atoms with Gasteiger partial charge < -0.3 is 5.32 Å². The van der Waals surface area contributed by atoms with E-state index in [0.717, 1.165) is 5.56 Å². The Bertz CT molecular complexity index is 832. The van der Waals surface area contributed by atoms with Crippen LogP contribution in [0.2, 0.25) is 0 Å². The van der Waals surface area contributed by atoms with Gasteiger partial charge in [-0.3, -0.25) is 4.90 Å². The van der Waals surface area contributed by atoms with Crippen LogP contribution in [-0.4, -0.2) is 35.1 Å². The number of allylic oxidation sites excluding steroid dienone is 3. The summed E-state index contributed by atoms with van der Waals surface area (Å²) in [5, 5.41) is 2.75. The molecule has 1 N–H and O–H groups in total. The van der Waals surface area contributed by atoms with Crippen LogP contribution >= 0.6 is 0 Å². The Labute approximate surface area is 153 Å². The van der Waals surface area contributed by atoms with Crippen molar-refractivity contribution in [2.24, 2.45) is 21.8 Å². The molecule has 0 spiro atoms. The van der Waals surface area contributed by atoms with Crippen LogP contribution in [0.5, 0.6) is 0 Å². The van der Waals surface area contributed by atoms with E-state index in [1.165, 1.54) is 4.90 Å². The van der Waals surface area contributed by atoms with Crippen LogP contribution in [0, 0.1) is 18.8 Å². The lowest BCUT2D eigenvalue weighted by Crippen LogP contribution is -2.48. The molecule has 0 saturated carbocycles. The molecular formula is C20H22N4O2. The van der Waals surface area contributed by atoms with E-state index < -0.39 is 6.03 Å². The zero-order valence-electron chi connectivity index (χ0n) is 15.1. The van der Waals surface area contributed by atoms with Crippen molar-refractivity contribution in [1.29, 1.82) is 0 Å². The fourth-order valence-electron chi connectivity index (χ4n) is 2.85. The van der Waals surface area contributed by atoms with Gasteiger partial charge in [0.25, 0.3) is 0 Å². The number of aryl methyl sites for hydroxylation is 1. The molecule has 1 aromatic carbocycles. The van der Waals surface area contributed by atoms with Crippen molar-refractivity contribution >= 4 is 29.3 Å². The van der Waals surface area contributed by atoms with Crippen LogP contribution in [-0.2, 0) is 0 Å². The van der Waals surface area contributed by atoms with Gasteiger partial charge in [0, 0.05) is 12.2 Å². The molecule has 0 saturated heterocycles. The summed E-state index contributed by atoms with van der Waals surface area (Å²) in [5.41, 5.74) is 2.38. The monoisotopic (exact) mass is 350 g/mol. The minimum atomic E-state index is -0.505. The molecule has 1 atom stereocenters. The number of nitrogens with one attached hydrogen (secondary N) is 1. The number of amidine groups is 1. The van der Waals surface area contributed by atoms with E-state index in [1.54, 1.807) is 6.08 Å². The van der Waals surface area contributed by atoms with Gasteiger partial charge in [-0.25, -0.2) is 9.59 Å². The molecule has 0 fully saturated rings. The van der Waals surface area contributed by atoms with Crippen molar-refractivity contribution in [2.45, 2.75) is 20.8 Å². The van der Waals surface area contributed by atoms with Gasteiger partial charge in [-0.2, -0.15) is 9.98 Å². The third kappa shape index (κ3) is 3.96. The fourth-order valence-corrected chi connectivity index (χ4v) is 2.85. The van der Waals surface area contributed by atoms with Crippen molar-refractivity contribution in [1.82, 2.24) is 4.90 Å². The highest BCUT2D eigenvalue weighted by atomic mass is 16.2. The van der Waals surface area contributed by atoms with Crippen LogP contribution in [0.1, 0.15) is 19.4 Å². The van der Waals surface area contributed by atoms with Gasteiger partial charge in [-0.05, 0) is 31.1 Å². The molecule has 0 aromatic heterocycles. The summed E-state index contributed by atoms with van der Waals surface area (Å²) in [6.07, 6.45) is 7.38. The van der Waals surface area contributed by atoms with Crippen LogP contribution in [0.3, 0.4) is 0 Å². The van der Waals surface area contributed by atoms with Crippen LogP contribution in [0.4, 0.5) is 15.3 Å². The number of rotatable bonds is 3. The summed E-state index contributed by atoms with van der Waals surface area (Å²) in [4.78, 5) is 34.8. The number of carbonyl (C=O) groups excluding carboxylic acids is 2. The van der Waals surface area contributed by atoms with Crippen LogP contribution in [0.25, 0.3) is 0 Å². The second-order valence-corrected chi connectivity index (χ2v) is 6.81. The molecule has 4 amide bonds. The van der Waals surface area contributed by atoms with E-state index in [2.05, 4.69) is 15.3 Å². The Morgan fingerprint density at radius 3 is 2.69 bits per heavy atom. The van der Waals surface area contributed by atoms with E-state index in [-0.39, 0.29) is 17.9 Å². The average Bonchev–Trinajstić information content (AvgIpc) is 2.59. The second kappa shape index (κ2) is 7.47. The smallest absolute Gasteiger partial charge is 0.306 e.